The van der Waals surface area contributed by atoms with Crippen LogP contribution < -0.4 is 4.90 Å². The van der Waals surface area contributed by atoms with Gasteiger partial charge in [0.25, 0.3) is 5.69 Å². The van der Waals surface area contributed by atoms with Gasteiger partial charge in [0.1, 0.15) is 5.69 Å². The van der Waals surface area contributed by atoms with Crippen molar-refractivity contribution in [1.29, 1.82) is 0 Å². The van der Waals surface area contributed by atoms with E-state index in [0.717, 1.165) is 4.88 Å². The summed E-state index contributed by atoms with van der Waals surface area (Å²) in [4.78, 5) is 13.5. The molecule has 5 nitrogen and oxygen atoms in total. The molecule has 106 valence electrons. The fourth-order valence-corrected chi connectivity index (χ4v) is 3.03. The van der Waals surface area contributed by atoms with Crippen LogP contribution in [0.4, 0.5) is 11.4 Å². The van der Waals surface area contributed by atoms with Crippen molar-refractivity contribution in [1.82, 2.24) is 0 Å². The van der Waals surface area contributed by atoms with Gasteiger partial charge in [0, 0.05) is 18.0 Å². The maximum atomic E-state index is 11.1. The number of nitro groups is 1. The molecule has 0 radical (unpaired) electrons. The molecule has 1 N–H and O–H groups in total. The summed E-state index contributed by atoms with van der Waals surface area (Å²) in [5, 5.41) is 20.2. The summed E-state index contributed by atoms with van der Waals surface area (Å²) in [7, 11) is 1.79. The Morgan fingerprint density at radius 2 is 2.15 bits per heavy atom. The van der Waals surface area contributed by atoms with Gasteiger partial charge in [0.2, 0.25) is 0 Å². The second-order valence-corrected chi connectivity index (χ2v) is 6.10. The van der Waals surface area contributed by atoms with Crippen LogP contribution in [-0.4, -0.2) is 17.1 Å². The predicted octanol–water partition coefficient (Wildman–Crippen LogP) is 3.44. The van der Waals surface area contributed by atoms with E-state index in [2.05, 4.69) is 0 Å². The van der Waals surface area contributed by atoms with Crippen molar-refractivity contribution < 1.29 is 10.0 Å². The lowest BCUT2D eigenvalue weighted by molar-refractivity contribution is -0.384. The Balaban J connectivity index is 2.28. The summed E-state index contributed by atoms with van der Waals surface area (Å²) in [6.45, 7) is 0.321. The van der Waals surface area contributed by atoms with Gasteiger partial charge in [-0.25, -0.2) is 0 Å². The van der Waals surface area contributed by atoms with Gasteiger partial charge < -0.3 is 10.0 Å². The van der Waals surface area contributed by atoms with Gasteiger partial charge in [0.15, 0.2) is 0 Å². The van der Waals surface area contributed by atoms with Gasteiger partial charge in [-0.3, -0.25) is 10.1 Å². The molecule has 0 aliphatic rings. The second kappa shape index (κ2) is 6.21. The number of halogens is 1. The van der Waals surface area contributed by atoms with E-state index in [4.69, 9.17) is 16.7 Å². The highest BCUT2D eigenvalue weighted by Crippen LogP contribution is 2.31. The maximum Gasteiger partial charge on any atom is 0.292 e. The zero-order valence-corrected chi connectivity index (χ0v) is 12.3. The fourth-order valence-electron chi connectivity index (χ4n) is 1.89. The van der Waals surface area contributed by atoms with E-state index in [1.165, 1.54) is 17.4 Å². The average Bonchev–Trinajstić information content (AvgIpc) is 2.83. The van der Waals surface area contributed by atoms with Gasteiger partial charge in [-0.1, -0.05) is 17.7 Å². The van der Waals surface area contributed by atoms with E-state index in [1.54, 1.807) is 30.1 Å². The molecule has 0 aliphatic heterocycles. The minimum Gasteiger partial charge on any atom is -0.392 e. The van der Waals surface area contributed by atoms with E-state index in [1.807, 2.05) is 6.07 Å². The molecule has 0 saturated carbocycles. The number of benzene rings is 1. The standard InChI is InChI=1S/C13H13ClN2O3S/c1-15(7-10-3-5-13(14)20-10)11-4-2-9(8-17)6-12(11)16(18)19/h2-6,17H,7-8H2,1H3. The normalized spacial score (nSPS) is 10.6. The Hall–Kier alpha value is -1.63. The van der Waals surface area contributed by atoms with Crippen molar-refractivity contribution in [3.05, 3.63) is 55.2 Å². The summed E-state index contributed by atoms with van der Waals surface area (Å²) in [6.07, 6.45) is 0. The zero-order valence-electron chi connectivity index (χ0n) is 10.7. The molecule has 0 atom stereocenters. The molecular formula is C13H13ClN2O3S. The average molecular weight is 313 g/mol. The molecule has 1 aromatic heterocycles. The Kier molecular flexibility index (Phi) is 4.59. The number of aliphatic hydroxyl groups excluding tert-OH is 1. The highest BCUT2D eigenvalue weighted by molar-refractivity contribution is 7.16. The molecule has 0 amide bonds. The van der Waals surface area contributed by atoms with Crippen LogP contribution in [0.25, 0.3) is 0 Å². The number of anilines is 1. The quantitative estimate of drug-likeness (QED) is 0.678. The summed E-state index contributed by atoms with van der Waals surface area (Å²) in [5.41, 5.74) is 1.02. The van der Waals surface area contributed by atoms with E-state index in [0.29, 0.717) is 22.1 Å². The molecule has 0 spiro atoms. The molecule has 1 heterocycles. The first-order chi connectivity index (χ1) is 9.51. The first kappa shape index (κ1) is 14.8. The summed E-state index contributed by atoms with van der Waals surface area (Å²) < 4.78 is 0.693. The van der Waals surface area contributed by atoms with Crippen molar-refractivity contribution in [2.45, 2.75) is 13.2 Å². The third kappa shape index (κ3) is 3.27. The largest absolute Gasteiger partial charge is 0.392 e. The highest BCUT2D eigenvalue weighted by Gasteiger charge is 2.18. The first-order valence-corrected chi connectivity index (χ1v) is 7.04. The lowest BCUT2D eigenvalue weighted by Crippen LogP contribution is -2.17. The Labute approximate surface area is 125 Å². The van der Waals surface area contributed by atoms with Crippen LogP contribution in [0.15, 0.2) is 30.3 Å². The predicted molar refractivity (Wildman–Crippen MR) is 80.5 cm³/mol. The van der Waals surface area contributed by atoms with E-state index < -0.39 is 4.92 Å². The molecule has 2 aromatic rings. The minimum atomic E-state index is -0.438. The number of hydrogen-bond acceptors (Lipinski definition) is 5. The Morgan fingerprint density at radius 3 is 2.70 bits per heavy atom. The Morgan fingerprint density at radius 1 is 1.40 bits per heavy atom. The Bertz CT molecular complexity index is 630. The van der Waals surface area contributed by atoms with Crippen molar-refractivity contribution in [3.8, 4) is 0 Å². The molecule has 1 aromatic carbocycles. The van der Waals surface area contributed by atoms with Crippen LogP contribution in [0.3, 0.4) is 0 Å². The van der Waals surface area contributed by atoms with Gasteiger partial charge >= 0.3 is 0 Å². The van der Waals surface area contributed by atoms with Crippen LogP contribution in [-0.2, 0) is 13.2 Å². The number of nitrogens with zero attached hydrogens (tertiary/aromatic N) is 2. The van der Waals surface area contributed by atoms with Crippen LogP contribution in [0.5, 0.6) is 0 Å². The molecule has 0 aliphatic carbocycles. The summed E-state index contributed by atoms with van der Waals surface area (Å²) >= 11 is 7.32. The monoisotopic (exact) mass is 312 g/mol. The summed E-state index contributed by atoms with van der Waals surface area (Å²) in [6, 6.07) is 8.43. The van der Waals surface area contributed by atoms with Crippen LogP contribution in [0.1, 0.15) is 10.4 Å². The zero-order chi connectivity index (χ0) is 14.7. The van der Waals surface area contributed by atoms with Crippen molar-refractivity contribution in [2.75, 3.05) is 11.9 Å². The molecule has 2 rings (SSSR count). The summed E-state index contributed by atoms with van der Waals surface area (Å²) in [5.74, 6) is 0. The fraction of sp³-hybridized carbons (Fsp3) is 0.231. The van der Waals surface area contributed by atoms with Gasteiger partial charge in [-0.2, -0.15) is 0 Å². The topological polar surface area (TPSA) is 66.6 Å². The van der Waals surface area contributed by atoms with Crippen molar-refractivity contribution in [2.24, 2.45) is 0 Å². The lowest BCUT2D eigenvalue weighted by Gasteiger charge is -2.18. The number of thiophene rings is 1. The van der Waals surface area contributed by atoms with Crippen molar-refractivity contribution >= 4 is 34.3 Å². The van der Waals surface area contributed by atoms with Crippen LogP contribution in [0.2, 0.25) is 4.34 Å². The maximum absolute atomic E-state index is 11.1. The highest BCUT2D eigenvalue weighted by atomic mass is 35.5. The molecule has 0 saturated heterocycles. The van der Waals surface area contributed by atoms with Crippen LogP contribution in [0, 0.1) is 10.1 Å². The molecule has 20 heavy (non-hydrogen) atoms. The first-order valence-electron chi connectivity index (χ1n) is 5.85. The minimum absolute atomic E-state index is 0.0123. The molecule has 0 fully saturated rings. The number of hydrogen-bond donors (Lipinski definition) is 1. The lowest BCUT2D eigenvalue weighted by atomic mass is 10.1. The number of rotatable bonds is 5. The van der Waals surface area contributed by atoms with Crippen LogP contribution >= 0.6 is 22.9 Å². The molecular weight excluding hydrogens is 300 g/mol. The second-order valence-electron chi connectivity index (χ2n) is 4.30. The third-order valence-electron chi connectivity index (χ3n) is 2.85. The van der Waals surface area contributed by atoms with Crippen molar-refractivity contribution in [3.63, 3.8) is 0 Å². The number of nitro benzene ring substituents is 1. The van der Waals surface area contributed by atoms with Gasteiger partial charge in [-0.05, 0) is 23.8 Å². The molecule has 7 heteroatoms. The van der Waals surface area contributed by atoms with Gasteiger partial charge in [0.05, 0.1) is 22.4 Å². The number of aliphatic hydroxyl groups is 1. The van der Waals surface area contributed by atoms with E-state index in [9.17, 15) is 10.1 Å². The van der Waals surface area contributed by atoms with E-state index >= 15 is 0 Å². The smallest absolute Gasteiger partial charge is 0.292 e. The van der Waals surface area contributed by atoms with Gasteiger partial charge in [-0.15, -0.1) is 11.3 Å². The third-order valence-corrected chi connectivity index (χ3v) is 4.07. The SMILES string of the molecule is CN(Cc1ccc(Cl)s1)c1ccc(CO)cc1[N+](=O)[O-]. The van der Waals surface area contributed by atoms with E-state index in [-0.39, 0.29) is 12.3 Å². The molecule has 0 bridgehead atoms. The molecule has 0 unspecified atom stereocenters.